The van der Waals surface area contributed by atoms with Gasteiger partial charge in [-0.1, -0.05) is 35.9 Å². The van der Waals surface area contributed by atoms with Crippen molar-refractivity contribution in [1.29, 1.82) is 0 Å². The summed E-state index contributed by atoms with van der Waals surface area (Å²) in [7, 11) is 0. The van der Waals surface area contributed by atoms with Gasteiger partial charge in [0.25, 0.3) is 5.91 Å². The highest BCUT2D eigenvalue weighted by Gasteiger charge is 2.28. The van der Waals surface area contributed by atoms with E-state index in [-0.39, 0.29) is 5.91 Å². The summed E-state index contributed by atoms with van der Waals surface area (Å²) < 4.78 is 11.2. The molecule has 22 heavy (non-hydrogen) atoms. The molecule has 1 N–H and O–H groups in total. The number of hydrogen-bond acceptors (Lipinski definition) is 3. The standard InChI is InChI=1S/C18H19NO3/c1-13-6-8-15(9-7-13)21-11-10-19-18(20)17-12-14-4-2-3-5-16(14)22-17/h2-9,17H,10-12H2,1H3,(H,19,20). The van der Waals surface area contributed by atoms with E-state index in [1.54, 1.807) is 0 Å². The van der Waals surface area contributed by atoms with Crippen LogP contribution in [-0.4, -0.2) is 25.2 Å². The summed E-state index contributed by atoms with van der Waals surface area (Å²) in [5.74, 6) is 1.52. The molecule has 2 aromatic rings. The van der Waals surface area contributed by atoms with Gasteiger partial charge >= 0.3 is 0 Å². The molecule has 4 nitrogen and oxygen atoms in total. The second kappa shape index (κ2) is 6.52. The number of nitrogens with one attached hydrogen (secondary N) is 1. The fourth-order valence-corrected chi connectivity index (χ4v) is 2.42. The molecule has 2 aromatic carbocycles. The van der Waals surface area contributed by atoms with Gasteiger partial charge in [-0.25, -0.2) is 0 Å². The lowest BCUT2D eigenvalue weighted by atomic mass is 10.1. The van der Waals surface area contributed by atoms with Crippen LogP contribution in [0.25, 0.3) is 0 Å². The number of fused-ring (bicyclic) bond motifs is 1. The zero-order valence-corrected chi connectivity index (χ0v) is 12.5. The molecule has 0 aromatic heterocycles. The van der Waals surface area contributed by atoms with E-state index in [1.807, 2.05) is 55.5 Å². The topological polar surface area (TPSA) is 47.6 Å². The molecule has 114 valence electrons. The summed E-state index contributed by atoms with van der Waals surface area (Å²) in [6.45, 7) is 2.93. The number of rotatable bonds is 5. The normalized spacial score (nSPS) is 15.8. The maximum Gasteiger partial charge on any atom is 0.261 e. The van der Waals surface area contributed by atoms with Crippen molar-refractivity contribution in [3.63, 3.8) is 0 Å². The van der Waals surface area contributed by atoms with Crippen molar-refractivity contribution >= 4 is 5.91 Å². The first-order valence-corrected chi connectivity index (χ1v) is 7.44. The van der Waals surface area contributed by atoms with Crippen molar-refractivity contribution in [2.45, 2.75) is 19.4 Å². The van der Waals surface area contributed by atoms with Gasteiger partial charge in [0.05, 0.1) is 6.54 Å². The molecule has 0 saturated heterocycles. The van der Waals surface area contributed by atoms with Gasteiger partial charge < -0.3 is 14.8 Å². The number of carbonyl (C=O) groups is 1. The quantitative estimate of drug-likeness (QED) is 0.863. The predicted molar refractivity (Wildman–Crippen MR) is 84.2 cm³/mol. The van der Waals surface area contributed by atoms with E-state index in [0.29, 0.717) is 19.6 Å². The summed E-state index contributed by atoms with van der Waals surface area (Å²) in [5, 5.41) is 2.85. The Bertz CT molecular complexity index is 627. The third-order valence-corrected chi connectivity index (χ3v) is 3.63. The number of aryl methyl sites for hydroxylation is 1. The number of ether oxygens (including phenoxy) is 2. The Hall–Kier alpha value is -2.49. The van der Waals surface area contributed by atoms with Crippen LogP contribution in [0.1, 0.15) is 11.1 Å². The highest BCUT2D eigenvalue weighted by molar-refractivity contribution is 5.82. The van der Waals surface area contributed by atoms with Crippen molar-refractivity contribution in [3.8, 4) is 11.5 Å². The average molecular weight is 297 g/mol. The van der Waals surface area contributed by atoms with Crippen LogP contribution in [0.4, 0.5) is 0 Å². The maximum atomic E-state index is 12.1. The SMILES string of the molecule is Cc1ccc(OCCNC(=O)C2Cc3ccccc3O2)cc1. The minimum absolute atomic E-state index is 0.0938. The summed E-state index contributed by atoms with van der Waals surface area (Å²) in [6, 6.07) is 15.6. The Labute approximate surface area is 130 Å². The summed E-state index contributed by atoms with van der Waals surface area (Å²) in [6.07, 6.45) is 0.192. The first-order valence-electron chi connectivity index (χ1n) is 7.44. The molecule has 1 heterocycles. The van der Waals surface area contributed by atoms with Crippen LogP contribution in [-0.2, 0) is 11.2 Å². The van der Waals surface area contributed by atoms with Crippen LogP contribution in [0.3, 0.4) is 0 Å². The fraction of sp³-hybridized carbons (Fsp3) is 0.278. The second-order valence-corrected chi connectivity index (χ2v) is 5.37. The molecule has 0 radical (unpaired) electrons. The van der Waals surface area contributed by atoms with Crippen LogP contribution in [0.5, 0.6) is 11.5 Å². The molecule has 1 aliphatic rings. The molecule has 4 heteroatoms. The van der Waals surface area contributed by atoms with E-state index in [9.17, 15) is 4.79 Å². The van der Waals surface area contributed by atoms with E-state index in [2.05, 4.69) is 5.32 Å². The summed E-state index contributed by atoms with van der Waals surface area (Å²) in [5.41, 5.74) is 2.28. The van der Waals surface area contributed by atoms with Gasteiger partial charge in [0, 0.05) is 6.42 Å². The third-order valence-electron chi connectivity index (χ3n) is 3.63. The molecular formula is C18H19NO3. The van der Waals surface area contributed by atoms with E-state index in [4.69, 9.17) is 9.47 Å². The molecule has 1 atom stereocenters. The van der Waals surface area contributed by atoms with Crippen LogP contribution >= 0.6 is 0 Å². The van der Waals surface area contributed by atoms with Crippen LogP contribution < -0.4 is 14.8 Å². The fourth-order valence-electron chi connectivity index (χ4n) is 2.42. The Balaban J connectivity index is 1.41. The molecule has 0 bridgehead atoms. The highest BCUT2D eigenvalue weighted by atomic mass is 16.5. The lowest BCUT2D eigenvalue weighted by Crippen LogP contribution is -2.39. The van der Waals surface area contributed by atoms with Crippen molar-refractivity contribution in [3.05, 3.63) is 59.7 Å². The van der Waals surface area contributed by atoms with E-state index in [1.165, 1.54) is 5.56 Å². The number of carbonyl (C=O) groups excluding carboxylic acids is 1. The van der Waals surface area contributed by atoms with Crippen LogP contribution in [0, 0.1) is 6.92 Å². The highest BCUT2D eigenvalue weighted by Crippen LogP contribution is 2.28. The van der Waals surface area contributed by atoms with Gasteiger partial charge in [-0.05, 0) is 30.7 Å². The van der Waals surface area contributed by atoms with Gasteiger partial charge in [-0.2, -0.15) is 0 Å². The van der Waals surface area contributed by atoms with Crippen molar-refractivity contribution in [1.82, 2.24) is 5.32 Å². The van der Waals surface area contributed by atoms with Crippen molar-refractivity contribution in [2.24, 2.45) is 0 Å². The largest absolute Gasteiger partial charge is 0.492 e. The van der Waals surface area contributed by atoms with Gasteiger partial charge in [-0.3, -0.25) is 4.79 Å². The number of amides is 1. The third kappa shape index (κ3) is 3.39. The first kappa shape index (κ1) is 14.4. The molecule has 0 saturated carbocycles. The second-order valence-electron chi connectivity index (χ2n) is 5.37. The number of hydrogen-bond donors (Lipinski definition) is 1. The Morgan fingerprint density at radius 1 is 1.23 bits per heavy atom. The smallest absolute Gasteiger partial charge is 0.261 e. The maximum absolute atomic E-state index is 12.1. The lowest BCUT2D eigenvalue weighted by molar-refractivity contribution is -0.127. The van der Waals surface area contributed by atoms with E-state index in [0.717, 1.165) is 17.1 Å². The van der Waals surface area contributed by atoms with Gasteiger partial charge in [-0.15, -0.1) is 0 Å². The molecule has 0 aliphatic carbocycles. The molecule has 1 amide bonds. The van der Waals surface area contributed by atoms with E-state index >= 15 is 0 Å². The molecule has 1 aliphatic heterocycles. The molecule has 0 spiro atoms. The van der Waals surface area contributed by atoms with Crippen LogP contribution in [0.2, 0.25) is 0 Å². The zero-order valence-electron chi connectivity index (χ0n) is 12.5. The lowest BCUT2D eigenvalue weighted by Gasteiger charge is -2.12. The Morgan fingerprint density at radius 2 is 2.00 bits per heavy atom. The number of benzene rings is 2. The van der Waals surface area contributed by atoms with Gasteiger partial charge in [0.2, 0.25) is 0 Å². The zero-order chi connectivity index (χ0) is 15.4. The minimum atomic E-state index is -0.434. The molecule has 0 fully saturated rings. The molecule has 1 unspecified atom stereocenters. The van der Waals surface area contributed by atoms with E-state index < -0.39 is 6.10 Å². The summed E-state index contributed by atoms with van der Waals surface area (Å²) >= 11 is 0. The van der Waals surface area contributed by atoms with Gasteiger partial charge in [0.1, 0.15) is 18.1 Å². The number of para-hydroxylation sites is 1. The monoisotopic (exact) mass is 297 g/mol. The van der Waals surface area contributed by atoms with Crippen molar-refractivity contribution in [2.75, 3.05) is 13.2 Å². The Morgan fingerprint density at radius 3 is 2.77 bits per heavy atom. The minimum Gasteiger partial charge on any atom is -0.492 e. The Kier molecular flexibility index (Phi) is 4.28. The molecular weight excluding hydrogens is 278 g/mol. The van der Waals surface area contributed by atoms with Gasteiger partial charge in [0.15, 0.2) is 6.10 Å². The summed E-state index contributed by atoms with van der Waals surface area (Å²) in [4.78, 5) is 12.1. The van der Waals surface area contributed by atoms with Crippen molar-refractivity contribution < 1.29 is 14.3 Å². The average Bonchev–Trinajstić information content (AvgIpc) is 2.97. The predicted octanol–water partition coefficient (Wildman–Crippen LogP) is 2.49. The first-order chi connectivity index (χ1) is 10.7. The molecule has 3 rings (SSSR count). The van der Waals surface area contributed by atoms with Crippen LogP contribution in [0.15, 0.2) is 48.5 Å².